The molecule has 0 radical (unpaired) electrons. The maximum Gasteiger partial charge on any atom is 0.330 e. The van der Waals surface area contributed by atoms with E-state index in [0.29, 0.717) is 5.56 Å². The molecule has 3 fully saturated rings. The van der Waals surface area contributed by atoms with E-state index >= 15 is 0 Å². The van der Waals surface area contributed by atoms with E-state index in [4.69, 9.17) is 37.9 Å². The van der Waals surface area contributed by atoms with Crippen LogP contribution in [-0.2, 0) is 28.5 Å². The van der Waals surface area contributed by atoms with E-state index in [1.807, 2.05) is 0 Å². The predicted molar refractivity (Wildman–Crippen MR) is 212 cm³/mol. The van der Waals surface area contributed by atoms with Crippen molar-refractivity contribution in [2.45, 2.75) is 98.2 Å². The minimum Gasteiger partial charge on any atom is -0.508 e. The fourth-order valence-corrected chi connectivity index (χ4v) is 7.28. The van der Waals surface area contributed by atoms with Crippen LogP contribution in [0.4, 0.5) is 0 Å². The highest BCUT2D eigenvalue weighted by Crippen LogP contribution is 2.46. The van der Waals surface area contributed by atoms with Gasteiger partial charge in [0.1, 0.15) is 109 Å². The maximum atomic E-state index is 12.9. The van der Waals surface area contributed by atoms with Gasteiger partial charge in [0.2, 0.25) is 18.9 Å². The van der Waals surface area contributed by atoms with Gasteiger partial charge in [-0.05, 0) is 42.0 Å². The highest BCUT2D eigenvalue weighted by atomic mass is 16.7. The Morgan fingerprint density at radius 1 is 0.585 bits per heavy atom. The Kier molecular flexibility index (Phi) is 14.7. The van der Waals surface area contributed by atoms with Crippen molar-refractivity contribution in [3.05, 3.63) is 83.1 Å². The standard InChI is InChI=1S/C42H48O23/c43-13-26-30(49)33(52)36(55)40(63-26)60-23-11-19(46)10-22-20(23)12-25(39(59-22)17-3-5-18(45)6-4-17)62-42-38(57)35(54)32(51)28(65-42)15-58-29(48)8-2-16-1-7-21(47)24(9-16)61-41-37(56)34(53)31(50)27(14-44)64-41/h1-12,26-28,30-47,49-57H,13-15H2. The van der Waals surface area contributed by atoms with Gasteiger partial charge in [-0.1, -0.05) is 18.2 Å². The van der Waals surface area contributed by atoms with E-state index in [-0.39, 0.29) is 39.9 Å². The number of phenolic OH excluding ortho intramolecular Hbond substituents is 3. The van der Waals surface area contributed by atoms with Crippen molar-refractivity contribution in [2.75, 3.05) is 19.8 Å². The second-order valence-electron chi connectivity index (χ2n) is 15.4. The van der Waals surface area contributed by atoms with Crippen LogP contribution >= 0.6 is 0 Å². The van der Waals surface area contributed by atoms with Gasteiger partial charge < -0.3 is 109 Å². The minimum absolute atomic E-state index is 0.0294. The Morgan fingerprint density at radius 3 is 1.71 bits per heavy atom. The Labute approximate surface area is 367 Å². The summed E-state index contributed by atoms with van der Waals surface area (Å²) < 4.78 is 45.5. The molecule has 23 heteroatoms. The Morgan fingerprint density at radius 2 is 1.12 bits per heavy atom. The van der Waals surface area contributed by atoms with Crippen molar-refractivity contribution in [3.8, 4) is 34.5 Å². The van der Waals surface area contributed by atoms with Gasteiger partial charge in [0.05, 0.1) is 18.8 Å². The molecule has 23 nitrogen and oxygen atoms in total. The largest absolute Gasteiger partial charge is 0.508 e. The van der Waals surface area contributed by atoms with Crippen LogP contribution in [0.25, 0.3) is 12.2 Å². The molecule has 4 aliphatic heterocycles. The molecule has 0 aliphatic carbocycles. The third-order valence-electron chi connectivity index (χ3n) is 11.0. The van der Waals surface area contributed by atoms with Crippen molar-refractivity contribution in [1.82, 2.24) is 0 Å². The predicted octanol–water partition coefficient (Wildman–Crippen LogP) is -3.28. The molecule has 3 saturated heterocycles. The van der Waals surface area contributed by atoms with Gasteiger partial charge in [-0.15, -0.1) is 0 Å². The molecule has 0 bridgehead atoms. The SMILES string of the molecule is O=C(C=Cc1ccc(O)c(OC2OC(CO)C(O)C(O)C2O)c1)OCC1OC(OC2=Cc3c(cc(O)cc3OC3OC(CO)C(O)C(O)C3O)OC2c2ccc(O)cc2)C(O)C(O)C1O. The number of carbonyl (C=O) groups excluding carboxylic acids is 1. The summed E-state index contributed by atoms with van der Waals surface area (Å²) in [7, 11) is 0. The fourth-order valence-electron chi connectivity index (χ4n) is 7.28. The summed E-state index contributed by atoms with van der Waals surface area (Å²) in [5.74, 6) is -2.60. The number of hydrogen-bond donors (Lipinski definition) is 14. The first kappa shape index (κ1) is 47.6. The average Bonchev–Trinajstić information content (AvgIpc) is 3.29. The molecule has 4 aliphatic rings. The number of ether oxygens (including phenoxy) is 8. The molecule has 0 amide bonds. The zero-order chi connectivity index (χ0) is 46.9. The van der Waals surface area contributed by atoms with E-state index < -0.39 is 136 Å². The second kappa shape index (κ2) is 20.0. The summed E-state index contributed by atoms with van der Waals surface area (Å²) >= 11 is 0. The third kappa shape index (κ3) is 10.2. The number of hydrogen-bond acceptors (Lipinski definition) is 23. The topological polar surface area (TPSA) is 374 Å². The number of fused-ring (bicyclic) bond motifs is 1. The fraction of sp³-hybridized carbons (Fsp3) is 0.452. The molecule has 4 heterocycles. The molecule has 0 aromatic heterocycles. The molecule has 65 heavy (non-hydrogen) atoms. The molecule has 14 N–H and O–H groups in total. The molecule has 3 aromatic rings. The number of aromatic hydroxyl groups is 3. The van der Waals surface area contributed by atoms with Crippen LogP contribution in [-0.4, -0.2) is 189 Å². The quantitative estimate of drug-likeness (QED) is 0.0590. The van der Waals surface area contributed by atoms with Crippen LogP contribution in [0.15, 0.2) is 66.4 Å². The summed E-state index contributed by atoms with van der Waals surface area (Å²) in [5, 5.41) is 144. The molecular weight excluding hydrogens is 872 g/mol. The minimum atomic E-state index is -1.93. The summed E-state index contributed by atoms with van der Waals surface area (Å²) in [6, 6.07) is 11.7. The molecule has 3 aromatic carbocycles. The smallest absolute Gasteiger partial charge is 0.330 e. The van der Waals surface area contributed by atoms with Crippen LogP contribution < -0.4 is 14.2 Å². The average molecular weight is 921 g/mol. The molecule has 0 saturated carbocycles. The van der Waals surface area contributed by atoms with Gasteiger partial charge in [0.25, 0.3) is 0 Å². The van der Waals surface area contributed by atoms with Crippen molar-refractivity contribution < 1.29 is 114 Å². The summed E-state index contributed by atoms with van der Waals surface area (Å²) in [5.41, 5.74) is 0.628. The van der Waals surface area contributed by atoms with Crippen LogP contribution in [0, 0.1) is 0 Å². The van der Waals surface area contributed by atoms with Gasteiger partial charge in [-0.2, -0.15) is 0 Å². The van der Waals surface area contributed by atoms with Crippen LogP contribution in [0.1, 0.15) is 22.8 Å². The maximum absolute atomic E-state index is 12.9. The first-order chi connectivity index (χ1) is 31.0. The number of carbonyl (C=O) groups is 1. The number of aliphatic hydroxyl groups excluding tert-OH is 11. The zero-order valence-electron chi connectivity index (χ0n) is 33.7. The van der Waals surface area contributed by atoms with Crippen LogP contribution in [0.5, 0.6) is 34.5 Å². The summed E-state index contributed by atoms with van der Waals surface area (Å²) in [6.45, 7) is -2.18. The zero-order valence-corrected chi connectivity index (χ0v) is 33.7. The second-order valence-corrected chi connectivity index (χ2v) is 15.4. The van der Waals surface area contributed by atoms with E-state index in [2.05, 4.69) is 0 Å². The first-order valence-electron chi connectivity index (χ1n) is 20.0. The lowest BCUT2D eigenvalue weighted by atomic mass is 9.98. The Hall–Kier alpha value is -5.35. The number of esters is 1. The highest BCUT2D eigenvalue weighted by molar-refractivity contribution is 5.87. The van der Waals surface area contributed by atoms with Gasteiger partial charge >= 0.3 is 5.97 Å². The highest BCUT2D eigenvalue weighted by Gasteiger charge is 2.48. The summed E-state index contributed by atoms with van der Waals surface area (Å²) in [4.78, 5) is 12.9. The molecule has 16 unspecified atom stereocenters. The van der Waals surface area contributed by atoms with Crippen LogP contribution in [0.3, 0.4) is 0 Å². The molecule has 354 valence electrons. The molecular formula is C42H48O23. The van der Waals surface area contributed by atoms with Gasteiger partial charge in [-0.25, -0.2) is 4.79 Å². The lowest BCUT2D eigenvalue weighted by Gasteiger charge is -2.41. The molecule has 7 rings (SSSR count). The van der Waals surface area contributed by atoms with E-state index in [1.165, 1.54) is 60.7 Å². The Bertz CT molecular complexity index is 2180. The molecule has 0 spiro atoms. The summed E-state index contributed by atoms with van der Waals surface area (Å²) in [6.07, 6.45) is -23.2. The van der Waals surface area contributed by atoms with Crippen molar-refractivity contribution in [2.24, 2.45) is 0 Å². The Balaban J connectivity index is 1.07. The van der Waals surface area contributed by atoms with Crippen molar-refractivity contribution in [3.63, 3.8) is 0 Å². The van der Waals surface area contributed by atoms with Crippen molar-refractivity contribution >= 4 is 18.1 Å². The lowest BCUT2D eigenvalue weighted by Crippen LogP contribution is -2.60. The monoisotopic (exact) mass is 920 g/mol. The number of rotatable bonds is 13. The van der Waals surface area contributed by atoms with E-state index in [9.17, 15) is 76.3 Å². The van der Waals surface area contributed by atoms with Gasteiger partial charge in [-0.3, -0.25) is 0 Å². The number of aliphatic hydroxyl groups is 11. The number of benzene rings is 3. The normalized spacial score (nSPS) is 34.8. The van der Waals surface area contributed by atoms with Gasteiger partial charge in [0, 0.05) is 23.8 Å². The van der Waals surface area contributed by atoms with Gasteiger partial charge in [0.15, 0.2) is 17.6 Å². The number of phenols is 3. The first-order valence-corrected chi connectivity index (χ1v) is 20.0. The van der Waals surface area contributed by atoms with E-state index in [0.717, 1.165) is 12.1 Å². The van der Waals surface area contributed by atoms with Crippen molar-refractivity contribution in [1.29, 1.82) is 0 Å². The third-order valence-corrected chi connectivity index (χ3v) is 11.0. The van der Waals surface area contributed by atoms with E-state index in [1.54, 1.807) is 0 Å². The molecule has 16 atom stereocenters. The van der Waals surface area contributed by atoms with Crippen LogP contribution in [0.2, 0.25) is 0 Å². The lowest BCUT2D eigenvalue weighted by molar-refractivity contribution is -0.294.